The van der Waals surface area contributed by atoms with Gasteiger partial charge in [0.15, 0.2) is 10.8 Å². The minimum Gasteiger partial charge on any atom is -0.366 e. The Kier molecular flexibility index (Phi) is 2.03. The number of fused-ring (bicyclic) bond motifs is 1. The van der Waals surface area contributed by atoms with Gasteiger partial charge in [-0.1, -0.05) is 18.5 Å². The lowest BCUT2D eigenvalue weighted by atomic mass is 10.1. The molecule has 5 nitrogen and oxygen atoms in total. The number of aryl methyl sites for hydroxylation is 1. The van der Waals surface area contributed by atoms with Gasteiger partial charge in [0.25, 0.3) is 0 Å². The number of nitrogens with zero attached hydrogens (tertiary/aromatic N) is 4. The fourth-order valence-electron chi connectivity index (χ4n) is 1.47. The Morgan fingerprint density at radius 2 is 2.14 bits per heavy atom. The molecule has 74 valence electrons. The van der Waals surface area contributed by atoms with Crippen LogP contribution in [-0.4, -0.2) is 19.8 Å². The third-order valence-electron chi connectivity index (χ3n) is 2.24. The number of halogens is 1. The Balaban J connectivity index is 2.87. The van der Waals surface area contributed by atoms with Crippen molar-refractivity contribution in [2.24, 2.45) is 0 Å². The zero-order valence-corrected chi connectivity index (χ0v) is 8.71. The van der Waals surface area contributed by atoms with Crippen LogP contribution in [0.3, 0.4) is 0 Å². The van der Waals surface area contributed by atoms with Gasteiger partial charge in [-0.2, -0.15) is 9.61 Å². The molecule has 2 heterocycles. The van der Waals surface area contributed by atoms with Gasteiger partial charge in [0.2, 0.25) is 5.95 Å². The molecule has 0 spiro atoms. The van der Waals surface area contributed by atoms with Crippen molar-refractivity contribution in [3.63, 3.8) is 0 Å². The molecule has 0 radical (unpaired) electrons. The van der Waals surface area contributed by atoms with Gasteiger partial charge in [0, 0.05) is 5.56 Å². The lowest BCUT2D eigenvalue weighted by Crippen LogP contribution is -2.03. The van der Waals surface area contributed by atoms with E-state index in [2.05, 4.69) is 15.3 Å². The first kappa shape index (κ1) is 9.21. The average Bonchev–Trinajstić information content (AvgIpc) is 2.49. The fourth-order valence-corrected chi connectivity index (χ4v) is 1.82. The summed E-state index contributed by atoms with van der Waals surface area (Å²) >= 11 is 5.99. The summed E-state index contributed by atoms with van der Waals surface area (Å²) in [6.45, 7) is 3.96. The summed E-state index contributed by atoms with van der Waals surface area (Å²) in [5, 5.41) is 12.2. The van der Waals surface area contributed by atoms with Gasteiger partial charge in [-0.3, -0.25) is 0 Å². The summed E-state index contributed by atoms with van der Waals surface area (Å²) < 4.78 is 1.46. The number of hydrogen-bond donors (Lipinski definition) is 1. The number of nitrogen functional groups attached to an aromatic ring is 1. The number of nitrogens with two attached hydrogens (primary N) is 1. The predicted octanol–water partition coefficient (Wildman–Crippen LogP) is 1.23. The van der Waals surface area contributed by atoms with Crippen LogP contribution in [0.5, 0.6) is 0 Å². The number of rotatable bonds is 1. The molecule has 2 aromatic rings. The molecule has 0 fully saturated rings. The first-order valence-electron chi connectivity index (χ1n) is 4.31. The average molecular weight is 212 g/mol. The summed E-state index contributed by atoms with van der Waals surface area (Å²) in [7, 11) is 0. The van der Waals surface area contributed by atoms with Gasteiger partial charge in [-0.05, 0) is 18.9 Å². The molecule has 0 aliphatic rings. The predicted molar refractivity (Wildman–Crippen MR) is 54.3 cm³/mol. The first-order valence-corrected chi connectivity index (χ1v) is 4.68. The molecule has 0 aliphatic heterocycles. The van der Waals surface area contributed by atoms with Crippen LogP contribution >= 0.6 is 11.6 Å². The Labute approximate surface area is 85.9 Å². The quantitative estimate of drug-likeness (QED) is 0.771. The minimum atomic E-state index is 0.257. The number of hydrogen-bond acceptors (Lipinski definition) is 4. The molecular weight excluding hydrogens is 202 g/mol. The van der Waals surface area contributed by atoms with Crippen molar-refractivity contribution in [2.45, 2.75) is 20.3 Å². The molecule has 6 heteroatoms. The highest BCUT2D eigenvalue weighted by molar-refractivity contribution is 6.30. The smallest absolute Gasteiger partial charge is 0.243 e. The van der Waals surface area contributed by atoms with Gasteiger partial charge in [-0.25, -0.2) is 0 Å². The van der Waals surface area contributed by atoms with Crippen molar-refractivity contribution in [3.05, 3.63) is 16.3 Å². The molecule has 14 heavy (non-hydrogen) atoms. The molecule has 2 aromatic heterocycles. The Morgan fingerprint density at radius 3 is 2.79 bits per heavy atom. The van der Waals surface area contributed by atoms with E-state index in [9.17, 15) is 0 Å². The Bertz CT molecular complexity index is 490. The van der Waals surface area contributed by atoms with Crippen LogP contribution in [0.2, 0.25) is 5.15 Å². The maximum atomic E-state index is 5.99. The third-order valence-corrected chi connectivity index (χ3v) is 2.55. The molecular formula is C8H10ClN5. The van der Waals surface area contributed by atoms with E-state index in [1.807, 2.05) is 13.8 Å². The standard InChI is InChI=1S/C8H10ClN5/c1-3-5-4(2)7-11-12-8(10)14(7)13-6(5)9/h3H2,1-2H3,(H2,10,12). The van der Waals surface area contributed by atoms with Crippen LogP contribution in [0, 0.1) is 6.92 Å². The summed E-state index contributed by atoms with van der Waals surface area (Å²) in [5.74, 6) is 0.257. The van der Waals surface area contributed by atoms with Gasteiger partial charge in [0.1, 0.15) is 0 Å². The molecule has 0 saturated heterocycles. The lowest BCUT2D eigenvalue weighted by Gasteiger charge is -2.05. The van der Waals surface area contributed by atoms with Crippen molar-refractivity contribution in [2.75, 3.05) is 5.73 Å². The maximum Gasteiger partial charge on any atom is 0.243 e. The minimum absolute atomic E-state index is 0.257. The SMILES string of the molecule is CCc1c(Cl)nn2c(N)nnc2c1C. The van der Waals surface area contributed by atoms with Gasteiger partial charge in [-0.15, -0.1) is 10.2 Å². The number of aromatic nitrogens is 4. The van der Waals surface area contributed by atoms with Crippen LogP contribution in [0.15, 0.2) is 0 Å². The zero-order valence-electron chi connectivity index (χ0n) is 7.95. The van der Waals surface area contributed by atoms with E-state index >= 15 is 0 Å². The zero-order chi connectivity index (χ0) is 10.3. The van der Waals surface area contributed by atoms with Crippen molar-refractivity contribution in [1.82, 2.24) is 19.8 Å². The van der Waals surface area contributed by atoms with E-state index in [1.54, 1.807) is 0 Å². The summed E-state index contributed by atoms with van der Waals surface area (Å²) in [5.41, 5.74) is 8.22. The maximum absolute atomic E-state index is 5.99. The number of anilines is 1. The van der Waals surface area contributed by atoms with E-state index in [4.69, 9.17) is 17.3 Å². The van der Waals surface area contributed by atoms with Crippen LogP contribution in [0.25, 0.3) is 5.65 Å². The second-order valence-corrected chi connectivity index (χ2v) is 3.40. The second kappa shape index (κ2) is 3.09. The summed E-state index contributed by atoms with van der Waals surface area (Å²) in [6.07, 6.45) is 0.820. The largest absolute Gasteiger partial charge is 0.366 e. The van der Waals surface area contributed by atoms with Crippen molar-refractivity contribution < 1.29 is 0 Å². The molecule has 0 aliphatic carbocycles. The van der Waals surface area contributed by atoms with E-state index in [-0.39, 0.29) is 5.95 Å². The molecule has 2 N–H and O–H groups in total. The second-order valence-electron chi connectivity index (χ2n) is 3.04. The molecule has 2 rings (SSSR count). The molecule has 0 amide bonds. The Hall–Kier alpha value is -1.36. The summed E-state index contributed by atoms with van der Waals surface area (Å²) in [4.78, 5) is 0. The van der Waals surface area contributed by atoms with Crippen molar-refractivity contribution >= 4 is 23.2 Å². The molecule has 0 aromatic carbocycles. The first-order chi connectivity index (χ1) is 6.65. The monoisotopic (exact) mass is 211 g/mol. The third kappa shape index (κ3) is 1.13. The van der Waals surface area contributed by atoms with Crippen molar-refractivity contribution in [3.8, 4) is 0 Å². The van der Waals surface area contributed by atoms with Gasteiger partial charge in [0.05, 0.1) is 0 Å². The van der Waals surface area contributed by atoms with Crippen LogP contribution in [0.4, 0.5) is 5.95 Å². The molecule has 0 bridgehead atoms. The van der Waals surface area contributed by atoms with E-state index in [1.165, 1.54) is 4.52 Å². The topological polar surface area (TPSA) is 69.1 Å². The Morgan fingerprint density at radius 1 is 1.43 bits per heavy atom. The normalized spacial score (nSPS) is 11.1. The van der Waals surface area contributed by atoms with E-state index in [0.717, 1.165) is 17.5 Å². The summed E-state index contributed by atoms with van der Waals surface area (Å²) in [6, 6.07) is 0. The highest BCUT2D eigenvalue weighted by Crippen LogP contribution is 2.21. The van der Waals surface area contributed by atoms with Crippen molar-refractivity contribution in [1.29, 1.82) is 0 Å². The van der Waals surface area contributed by atoms with Crippen LogP contribution in [-0.2, 0) is 6.42 Å². The lowest BCUT2D eigenvalue weighted by molar-refractivity contribution is 0.907. The van der Waals surface area contributed by atoms with E-state index < -0.39 is 0 Å². The molecule has 0 unspecified atom stereocenters. The van der Waals surface area contributed by atoms with Gasteiger partial charge < -0.3 is 5.73 Å². The van der Waals surface area contributed by atoms with Gasteiger partial charge >= 0.3 is 0 Å². The van der Waals surface area contributed by atoms with E-state index in [0.29, 0.717) is 10.8 Å². The molecule has 0 saturated carbocycles. The fraction of sp³-hybridized carbons (Fsp3) is 0.375. The van der Waals surface area contributed by atoms with Crippen LogP contribution in [0.1, 0.15) is 18.1 Å². The highest BCUT2D eigenvalue weighted by atomic mass is 35.5. The van der Waals surface area contributed by atoms with Crippen LogP contribution < -0.4 is 5.73 Å². The highest BCUT2D eigenvalue weighted by Gasteiger charge is 2.12. The molecule has 0 atom stereocenters.